The smallest absolute Gasteiger partial charge is 0.340 e. The van der Waals surface area contributed by atoms with Crippen LogP contribution < -0.4 is 21.4 Å². The van der Waals surface area contributed by atoms with Crippen LogP contribution in [0.4, 0.5) is 0 Å². The maximum absolute atomic E-state index is 12.5. The number of furan rings is 1. The van der Waals surface area contributed by atoms with Crippen LogP contribution in [0.1, 0.15) is 28.0 Å². The van der Waals surface area contributed by atoms with Gasteiger partial charge in [0.05, 0.1) is 36.4 Å². The molecule has 0 saturated carbocycles. The molecule has 1 aromatic carbocycles. The fraction of sp³-hybridized carbons (Fsp3) is 0.333. The number of hydrogen-bond acceptors (Lipinski definition) is 7. The van der Waals surface area contributed by atoms with E-state index in [1.165, 1.54) is 0 Å². The molecule has 0 bridgehead atoms. The van der Waals surface area contributed by atoms with Gasteiger partial charge in [-0.1, -0.05) is 0 Å². The second kappa shape index (κ2) is 8.02. The molecule has 0 aliphatic rings. The van der Waals surface area contributed by atoms with E-state index in [4.69, 9.17) is 8.83 Å². The van der Waals surface area contributed by atoms with Gasteiger partial charge in [0.25, 0.3) is 0 Å². The number of carboxylic acids is 1. The highest BCUT2D eigenvalue weighted by Gasteiger charge is 2.21. The van der Waals surface area contributed by atoms with Crippen molar-refractivity contribution < 1.29 is 28.3 Å². The van der Waals surface area contributed by atoms with Crippen LogP contribution in [0.3, 0.4) is 0 Å². The summed E-state index contributed by atoms with van der Waals surface area (Å²) in [6.45, 7) is 6.36. The van der Waals surface area contributed by atoms with Gasteiger partial charge in [0.15, 0.2) is 0 Å². The fourth-order valence-electron chi connectivity index (χ4n) is 3.47. The van der Waals surface area contributed by atoms with Crippen molar-refractivity contribution in [3.63, 3.8) is 0 Å². The van der Waals surface area contributed by atoms with E-state index in [-0.39, 0.29) is 12.0 Å². The lowest BCUT2D eigenvalue weighted by atomic mass is 9.98. The number of aliphatic carboxylic acids is 1. The van der Waals surface area contributed by atoms with Crippen LogP contribution in [0.15, 0.2) is 19.7 Å². The molecule has 2 amide bonds. The SMILES string of the molecule is Cc1oc2c(c(C)cc3oc(=O)c(CC(=O)NCC(=O)NCC(=O)[O-])c(C)c32)c1C. The zero-order valence-electron chi connectivity index (χ0n) is 17.1. The maximum atomic E-state index is 12.5. The van der Waals surface area contributed by atoms with Gasteiger partial charge in [0, 0.05) is 5.39 Å². The Morgan fingerprint density at radius 3 is 2.27 bits per heavy atom. The van der Waals surface area contributed by atoms with E-state index >= 15 is 0 Å². The lowest BCUT2D eigenvalue weighted by Gasteiger charge is -2.10. The average Bonchev–Trinajstić information content (AvgIpc) is 2.96. The number of carbonyl (C=O) groups is 3. The van der Waals surface area contributed by atoms with Gasteiger partial charge >= 0.3 is 5.63 Å². The molecule has 2 N–H and O–H groups in total. The molecular weight excluding hydrogens is 392 g/mol. The molecule has 0 saturated heterocycles. The summed E-state index contributed by atoms with van der Waals surface area (Å²) in [5.74, 6) is -1.95. The van der Waals surface area contributed by atoms with Gasteiger partial charge in [-0.15, -0.1) is 0 Å². The first-order valence-electron chi connectivity index (χ1n) is 9.29. The first-order valence-corrected chi connectivity index (χ1v) is 9.29. The van der Waals surface area contributed by atoms with Crippen LogP contribution in [0.5, 0.6) is 0 Å². The Labute approximate surface area is 171 Å². The van der Waals surface area contributed by atoms with Gasteiger partial charge in [-0.3, -0.25) is 9.59 Å². The molecule has 2 aromatic heterocycles. The van der Waals surface area contributed by atoms with E-state index in [0.29, 0.717) is 22.1 Å². The van der Waals surface area contributed by atoms with E-state index in [0.717, 1.165) is 22.3 Å². The zero-order valence-corrected chi connectivity index (χ0v) is 17.1. The molecule has 0 atom stereocenters. The molecule has 0 aliphatic carbocycles. The van der Waals surface area contributed by atoms with Crippen molar-refractivity contribution in [1.29, 1.82) is 0 Å². The van der Waals surface area contributed by atoms with Crippen LogP contribution in [-0.4, -0.2) is 30.9 Å². The first-order chi connectivity index (χ1) is 14.1. The Balaban J connectivity index is 1.92. The zero-order chi connectivity index (χ0) is 22.2. The Morgan fingerprint density at radius 2 is 1.60 bits per heavy atom. The van der Waals surface area contributed by atoms with Crippen molar-refractivity contribution in [2.75, 3.05) is 13.1 Å². The molecule has 9 heteroatoms. The van der Waals surface area contributed by atoms with Gasteiger partial charge < -0.3 is 29.4 Å². The number of fused-ring (bicyclic) bond motifs is 3. The number of benzene rings is 1. The average molecular weight is 413 g/mol. The third kappa shape index (κ3) is 3.91. The Kier molecular flexibility index (Phi) is 5.64. The standard InChI is InChI=1S/C21H22N2O7/c1-9-5-14-19(20-18(9)10(2)12(4)29-20)11(3)13(21(28)30-14)6-15(24)22-7-16(25)23-8-17(26)27/h5H,6-8H2,1-4H3,(H,22,24)(H,23,25)(H,26,27)/p-1. The molecule has 0 fully saturated rings. The number of rotatable bonds is 6. The van der Waals surface area contributed by atoms with E-state index in [1.807, 2.05) is 20.8 Å². The van der Waals surface area contributed by atoms with Crippen LogP contribution in [0.25, 0.3) is 21.9 Å². The highest BCUT2D eigenvalue weighted by molar-refractivity contribution is 6.07. The van der Waals surface area contributed by atoms with Crippen molar-refractivity contribution in [2.45, 2.75) is 34.1 Å². The van der Waals surface area contributed by atoms with Gasteiger partial charge in [0.1, 0.15) is 16.9 Å². The quantitative estimate of drug-likeness (QED) is 0.554. The highest BCUT2D eigenvalue weighted by Crippen LogP contribution is 2.35. The molecule has 0 radical (unpaired) electrons. The van der Waals surface area contributed by atoms with E-state index < -0.39 is 36.5 Å². The predicted octanol–water partition coefficient (Wildman–Crippen LogP) is 0.298. The third-order valence-corrected chi connectivity index (χ3v) is 5.09. The summed E-state index contributed by atoms with van der Waals surface area (Å²) in [7, 11) is 0. The summed E-state index contributed by atoms with van der Waals surface area (Å²) in [5.41, 5.74) is 2.98. The number of hydrogen-bond donors (Lipinski definition) is 2. The lowest BCUT2D eigenvalue weighted by molar-refractivity contribution is -0.304. The van der Waals surface area contributed by atoms with Crippen LogP contribution in [0.2, 0.25) is 0 Å². The fourth-order valence-corrected chi connectivity index (χ4v) is 3.47. The van der Waals surface area contributed by atoms with Gasteiger partial charge in [-0.25, -0.2) is 4.79 Å². The number of aryl methyl sites for hydroxylation is 4. The minimum absolute atomic E-state index is 0.159. The van der Waals surface area contributed by atoms with E-state index in [1.54, 1.807) is 13.0 Å². The number of carboxylic acid groups (broad SMARTS) is 1. The molecule has 0 unspecified atom stereocenters. The maximum Gasteiger partial charge on any atom is 0.340 e. The molecule has 0 spiro atoms. The molecule has 2 heterocycles. The second-order valence-corrected chi connectivity index (χ2v) is 7.15. The van der Waals surface area contributed by atoms with Gasteiger partial charge in [0.2, 0.25) is 11.8 Å². The summed E-state index contributed by atoms with van der Waals surface area (Å²) >= 11 is 0. The summed E-state index contributed by atoms with van der Waals surface area (Å²) < 4.78 is 11.4. The van der Waals surface area contributed by atoms with Crippen molar-refractivity contribution in [3.05, 3.63) is 44.5 Å². The minimum atomic E-state index is -1.44. The summed E-state index contributed by atoms with van der Waals surface area (Å²) in [5, 5.41) is 16.3. The highest BCUT2D eigenvalue weighted by atomic mass is 16.4. The van der Waals surface area contributed by atoms with Crippen molar-refractivity contribution >= 4 is 39.7 Å². The van der Waals surface area contributed by atoms with Crippen LogP contribution >= 0.6 is 0 Å². The number of carbonyl (C=O) groups excluding carboxylic acids is 3. The predicted molar refractivity (Wildman–Crippen MR) is 106 cm³/mol. The molecule has 0 aliphatic heterocycles. The Morgan fingerprint density at radius 1 is 0.933 bits per heavy atom. The molecule has 9 nitrogen and oxygen atoms in total. The first kappa shape index (κ1) is 21.1. The monoisotopic (exact) mass is 413 g/mol. The van der Waals surface area contributed by atoms with Crippen molar-refractivity contribution in [1.82, 2.24) is 10.6 Å². The number of amides is 2. The van der Waals surface area contributed by atoms with E-state index in [2.05, 4.69) is 10.6 Å². The molecular formula is C21H21N2O7-. The summed E-state index contributed by atoms with van der Waals surface area (Å²) in [4.78, 5) is 46.6. The second-order valence-electron chi connectivity index (χ2n) is 7.15. The summed E-state index contributed by atoms with van der Waals surface area (Å²) in [6, 6.07) is 1.78. The normalized spacial score (nSPS) is 11.1. The van der Waals surface area contributed by atoms with Crippen LogP contribution in [0, 0.1) is 27.7 Å². The Bertz CT molecular complexity index is 1250. The van der Waals surface area contributed by atoms with Gasteiger partial charge in [-0.05, 0) is 50.5 Å². The van der Waals surface area contributed by atoms with E-state index in [9.17, 15) is 24.3 Å². The third-order valence-electron chi connectivity index (χ3n) is 5.09. The molecule has 3 aromatic rings. The summed E-state index contributed by atoms with van der Waals surface area (Å²) in [6.07, 6.45) is -0.300. The van der Waals surface area contributed by atoms with Crippen LogP contribution in [-0.2, 0) is 20.8 Å². The van der Waals surface area contributed by atoms with Gasteiger partial charge in [-0.2, -0.15) is 0 Å². The Hall–Kier alpha value is -3.62. The molecule has 158 valence electrons. The number of nitrogens with one attached hydrogen (secondary N) is 2. The molecule has 30 heavy (non-hydrogen) atoms. The largest absolute Gasteiger partial charge is 0.548 e. The van der Waals surface area contributed by atoms with Crippen molar-refractivity contribution in [3.8, 4) is 0 Å². The van der Waals surface area contributed by atoms with Crippen molar-refractivity contribution in [2.24, 2.45) is 0 Å². The minimum Gasteiger partial charge on any atom is -0.548 e. The lowest BCUT2D eigenvalue weighted by Crippen LogP contribution is -2.43. The topological polar surface area (TPSA) is 142 Å². The molecule has 3 rings (SSSR count).